The summed E-state index contributed by atoms with van der Waals surface area (Å²) in [5, 5.41) is 2.31. The normalized spacial score (nSPS) is 24.2. The molecule has 1 fully saturated rings. The number of carbonyl (C=O) groups is 1. The summed E-state index contributed by atoms with van der Waals surface area (Å²) in [4.78, 5) is 32.0. The van der Waals surface area contributed by atoms with Gasteiger partial charge in [0.2, 0.25) is 5.82 Å². The first-order valence-electron chi connectivity index (χ1n) is 10.9. The number of benzene rings is 1. The van der Waals surface area contributed by atoms with Crippen molar-refractivity contribution in [1.82, 2.24) is 15.3 Å². The lowest BCUT2D eigenvalue weighted by molar-refractivity contribution is -0.275. The van der Waals surface area contributed by atoms with Gasteiger partial charge in [0.15, 0.2) is 22.6 Å². The van der Waals surface area contributed by atoms with Crippen LogP contribution in [0, 0.1) is 17.6 Å². The maximum atomic E-state index is 14.6. The Morgan fingerprint density at radius 3 is 2.56 bits per heavy atom. The number of nitrogens with one attached hydrogen (secondary N) is 2. The number of methoxy groups -OCH3 is 1. The van der Waals surface area contributed by atoms with E-state index in [0.717, 1.165) is 32.2 Å². The van der Waals surface area contributed by atoms with E-state index >= 15 is 0 Å². The Morgan fingerprint density at radius 1 is 1.25 bits per heavy atom. The number of halogens is 5. The molecule has 1 aliphatic rings. The van der Waals surface area contributed by atoms with Gasteiger partial charge in [0.1, 0.15) is 11.8 Å². The number of alkyl halides is 3. The SMILES string of the molecule is CNC(=O)c1nccc2[nH]c([C@@H]3O[C@@](C)(C(F)(F)F)[C@@H](C)[C@H]3c3ccc(F)c(F)c3OC)cc(=O)c12. The number of hydrogen-bond donors (Lipinski definition) is 2. The Hall–Kier alpha value is -3.54. The van der Waals surface area contributed by atoms with E-state index in [4.69, 9.17) is 9.47 Å². The summed E-state index contributed by atoms with van der Waals surface area (Å²) < 4.78 is 81.7. The number of ether oxygens (including phenoxy) is 2. The number of aromatic nitrogens is 2. The Balaban J connectivity index is 1.97. The zero-order valence-corrected chi connectivity index (χ0v) is 19.6. The number of H-pyrrole nitrogens is 1. The van der Waals surface area contributed by atoms with Crippen LogP contribution in [0.5, 0.6) is 5.75 Å². The van der Waals surface area contributed by atoms with Gasteiger partial charge in [-0.15, -0.1) is 0 Å². The number of fused-ring (bicyclic) bond motifs is 1. The summed E-state index contributed by atoms with van der Waals surface area (Å²) in [7, 11) is 2.43. The summed E-state index contributed by atoms with van der Waals surface area (Å²) >= 11 is 0. The van der Waals surface area contributed by atoms with Crippen LogP contribution >= 0.6 is 0 Å². The molecule has 0 spiro atoms. The summed E-state index contributed by atoms with van der Waals surface area (Å²) in [6.07, 6.45) is -5.00. The van der Waals surface area contributed by atoms with Crippen molar-refractivity contribution in [2.75, 3.05) is 14.2 Å². The first-order valence-corrected chi connectivity index (χ1v) is 10.9. The molecular formula is C24H22F5N3O4. The average Bonchev–Trinajstić information content (AvgIpc) is 3.11. The van der Waals surface area contributed by atoms with Crippen LogP contribution in [0.15, 0.2) is 35.3 Å². The van der Waals surface area contributed by atoms with E-state index in [2.05, 4.69) is 15.3 Å². The Labute approximate surface area is 201 Å². The fourth-order valence-corrected chi connectivity index (χ4v) is 4.74. The Kier molecular flexibility index (Phi) is 6.27. The van der Waals surface area contributed by atoms with Crippen LogP contribution in [0.25, 0.3) is 10.9 Å². The highest BCUT2D eigenvalue weighted by Crippen LogP contribution is 2.59. The van der Waals surface area contributed by atoms with Crippen LogP contribution < -0.4 is 15.5 Å². The van der Waals surface area contributed by atoms with Crippen LogP contribution in [0.1, 0.15) is 47.6 Å². The van der Waals surface area contributed by atoms with E-state index in [9.17, 15) is 31.5 Å². The molecule has 3 aromatic rings. The van der Waals surface area contributed by atoms with Gasteiger partial charge in [0.25, 0.3) is 5.91 Å². The highest BCUT2D eigenvalue weighted by Gasteiger charge is 2.65. The van der Waals surface area contributed by atoms with Gasteiger partial charge in [0.05, 0.1) is 18.0 Å². The van der Waals surface area contributed by atoms with Crippen molar-refractivity contribution in [3.8, 4) is 5.75 Å². The van der Waals surface area contributed by atoms with E-state index < -0.39 is 58.4 Å². The second-order valence-electron chi connectivity index (χ2n) is 8.69. The number of aromatic amines is 1. The molecule has 3 heterocycles. The second kappa shape index (κ2) is 8.84. The van der Waals surface area contributed by atoms with Crippen molar-refractivity contribution in [2.24, 2.45) is 5.92 Å². The molecule has 192 valence electrons. The van der Waals surface area contributed by atoms with Gasteiger partial charge < -0.3 is 19.8 Å². The molecule has 1 aliphatic heterocycles. The fourth-order valence-electron chi connectivity index (χ4n) is 4.74. The molecule has 0 bridgehead atoms. The fraction of sp³-hybridized carbons (Fsp3) is 0.375. The third-order valence-corrected chi connectivity index (χ3v) is 6.82. The first kappa shape index (κ1) is 25.5. The molecule has 1 aromatic carbocycles. The topological polar surface area (TPSA) is 93.3 Å². The van der Waals surface area contributed by atoms with Crippen LogP contribution in [0.3, 0.4) is 0 Å². The molecule has 2 N–H and O–H groups in total. The summed E-state index contributed by atoms with van der Waals surface area (Å²) in [5.41, 5.74) is -3.50. The minimum Gasteiger partial charge on any atom is -0.493 e. The van der Waals surface area contributed by atoms with Gasteiger partial charge in [-0.2, -0.15) is 17.6 Å². The highest BCUT2D eigenvalue weighted by molar-refractivity contribution is 6.04. The average molecular weight is 511 g/mol. The quantitative estimate of drug-likeness (QED) is 0.507. The van der Waals surface area contributed by atoms with E-state index in [0.29, 0.717) is 0 Å². The molecule has 7 nitrogen and oxygen atoms in total. The number of hydrogen-bond acceptors (Lipinski definition) is 5. The molecule has 0 radical (unpaired) electrons. The Bertz CT molecular complexity index is 1410. The van der Waals surface area contributed by atoms with E-state index in [1.807, 2.05) is 0 Å². The monoisotopic (exact) mass is 511 g/mol. The second-order valence-corrected chi connectivity index (χ2v) is 8.69. The predicted molar refractivity (Wildman–Crippen MR) is 119 cm³/mol. The van der Waals surface area contributed by atoms with Crippen LogP contribution in [-0.4, -0.2) is 41.8 Å². The van der Waals surface area contributed by atoms with E-state index in [-0.39, 0.29) is 27.9 Å². The van der Waals surface area contributed by atoms with Crippen LogP contribution in [0.2, 0.25) is 0 Å². The third kappa shape index (κ3) is 3.80. The molecule has 4 rings (SSSR count). The standard InChI is InChI=1S/C24H22F5N3O4/c1-10-16(11-5-6-12(25)18(26)20(11)35-4)21(36-23(10,2)24(27,28)29)14-9-15(33)17-13(32-14)7-8-31-19(17)22(34)30-3/h5-10,16,21H,1-4H3,(H,30,34)(H,32,33)/t10-,16-,21-,23+/m0/s1. The van der Waals surface area contributed by atoms with Crippen LogP contribution in [-0.2, 0) is 4.74 Å². The summed E-state index contributed by atoms with van der Waals surface area (Å²) in [6.45, 7) is 2.15. The number of nitrogens with zero attached hydrogens (tertiary/aromatic N) is 1. The van der Waals surface area contributed by atoms with Crippen molar-refractivity contribution < 1.29 is 36.2 Å². The zero-order chi connectivity index (χ0) is 26.6. The summed E-state index contributed by atoms with van der Waals surface area (Å²) in [5.74, 6) is -6.27. The van der Waals surface area contributed by atoms with E-state index in [1.54, 1.807) is 0 Å². The number of pyridine rings is 2. The first-order chi connectivity index (χ1) is 16.9. The molecular weight excluding hydrogens is 489 g/mol. The molecule has 1 amide bonds. The van der Waals surface area contributed by atoms with Crippen molar-refractivity contribution >= 4 is 16.8 Å². The highest BCUT2D eigenvalue weighted by atomic mass is 19.4. The molecule has 12 heteroatoms. The Morgan fingerprint density at radius 2 is 1.94 bits per heavy atom. The lowest BCUT2D eigenvalue weighted by Crippen LogP contribution is -2.46. The lowest BCUT2D eigenvalue weighted by atomic mass is 9.76. The predicted octanol–water partition coefficient (Wildman–Crippen LogP) is 4.38. The van der Waals surface area contributed by atoms with Gasteiger partial charge in [-0.25, -0.2) is 4.39 Å². The molecule has 0 saturated carbocycles. The molecule has 1 saturated heterocycles. The minimum atomic E-state index is -4.83. The minimum absolute atomic E-state index is 0.0434. The zero-order valence-electron chi connectivity index (χ0n) is 19.6. The van der Waals surface area contributed by atoms with Gasteiger partial charge >= 0.3 is 6.18 Å². The molecule has 4 atom stereocenters. The lowest BCUT2D eigenvalue weighted by Gasteiger charge is -2.32. The maximum absolute atomic E-state index is 14.6. The number of amides is 1. The van der Waals surface area contributed by atoms with Crippen molar-refractivity contribution in [2.45, 2.75) is 37.6 Å². The molecule has 0 aliphatic carbocycles. The summed E-state index contributed by atoms with van der Waals surface area (Å²) in [6, 6.07) is 4.35. The smallest absolute Gasteiger partial charge is 0.417 e. The van der Waals surface area contributed by atoms with Gasteiger partial charge in [-0.3, -0.25) is 14.6 Å². The van der Waals surface area contributed by atoms with Crippen LogP contribution in [0.4, 0.5) is 22.0 Å². The van der Waals surface area contributed by atoms with Gasteiger partial charge in [0, 0.05) is 42.4 Å². The molecule has 0 unspecified atom stereocenters. The number of rotatable bonds is 4. The van der Waals surface area contributed by atoms with Crippen molar-refractivity contribution in [3.05, 3.63) is 69.3 Å². The third-order valence-electron chi connectivity index (χ3n) is 6.82. The van der Waals surface area contributed by atoms with Gasteiger partial charge in [-0.1, -0.05) is 13.0 Å². The van der Waals surface area contributed by atoms with Gasteiger partial charge in [-0.05, 0) is 19.1 Å². The van der Waals surface area contributed by atoms with Crippen molar-refractivity contribution in [1.29, 1.82) is 0 Å². The maximum Gasteiger partial charge on any atom is 0.417 e. The number of carbonyl (C=O) groups excluding carboxylic acids is 1. The largest absolute Gasteiger partial charge is 0.493 e. The van der Waals surface area contributed by atoms with E-state index in [1.165, 1.54) is 26.2 Å². The molecule has 2 aromatic heterocycles. The molecule has 36 heavy (non-hydrogen) atoms. The van der Waals surface area contributed by atoms with Crippen molar-refractivity contribution in [3.63, 3.8) is 0 Å².